The molecule has 0 aliphatic rings. The highest BCUT2D eigenvalue weighted by Gasteiger charge is 2.16. The normalized spacial score (nSPS) is 9.94. The third-order valence-electron chi connectivity index (χ3n) is 2.24. The summed E-state index contributed by atoms with van der Waals surface area (Å²) in [6.45, 7) is 1.05. The summed E-state index contributed by atoms with van der Waals surface area (Å²) in [7, 11) is 0. The molecule has 2 rings (SSSR count). The van der Waals surface area contributed by atoms with Crippen LogP contribution in [-0.2, 0) is 0 Å². The average molecular weight is 273 g/mol. The van der Waals surface area contributed by atoms with Crippen LogP contribution < -0.4 is 11.1 Å². The number of hydrogen-bond acceptors (Lipinski definition) is 4. The van der Waals surface area contributed by atoms with Gasteiger partial charge in [-0.15, -0.1) is 23.7 Å². The molecular formula is C11H13ClN2O2S. The van der Waals surface area contributed by atoms with E-state index in [9.17, 15) is 4.79 Å². The van der Waals surface area contributed by atoms with Crippen molar-refractivity contribution in [2.45, 2.75) is 0 Å². The highest BCUT2D eigenvalue weighted by molar-refractivity contribution is 7.21. The Balaban J connectivity index is 0.00000144. The largest absolute Gasteiger partial charge is 0.477 e. The van der Waals surface area contributed by atoms with E-state index >= 15 is 0 Å². The molecule has 0 saturated carbocycles. The predicted molar refractivity (Wildman–Crippen MR) is 73.6 cm³/mol. The molecule has 0 unspecified atom stereocenters. The number of carbonyl (C=O) groups is 1. The number of carboxylic acid groups (broad SMARTS) is 1. The van der Waals surface area contributed by atoms with Gasteiger partial charge < -0.3 is 16.2 Å². The van der Waals surface area contributed by atoms with Crippen molar-refractivity contribution in [2.24, 2.45) is 5.73 Å². The molecule has 4 nitrogen and oxygen atoms in total. The van der Waals surface area contributed by atoms with Gasteiger partial charge in [-0.2, -0.15) is 0 Å². The van der Waals surface area contributed by atoms with Gasteiger partial charge in [0.15, 0.2) is 0 Å². The standard InChI is InChI=1S/C11H12N2O2S.ClH/c12-5-6-13-9-7-3-1-2-4-8(7)16-10(9)11(14)15;/h1-4,13H,5-6,12H2,(H,14,15);1H. The molecule has 0 atom stereocenters. The van der Waals surface area contributed by atoms with Gasteiger partial charge in [0.25, 0.3) is 0 Å². The predicted octanol–water partition coefficient (Wildman–Crippen LogP) is 2.39. The van der Waals surface area contributed by atoms with Crippen molar-refractivity contribution < 1.29 is 9.90 Å². The van der Waals surface area contributed by atoms with Crippen LogP contribution in [0.2, 0.25) is 0 Å². The van der Waals surface area contributed by atoms with Gasteiger partial charge in [-0.25, -0.2) is 4.79 Å². The van der Waals surface area contributed by atoms with E-state index in [4.69, 9.17) is 10.8 Å². The van der Waals surface area contributed by atoms with Crippen LogP contribution in [-0.4, -0.2) is 24.2 Å². The Bertz CT molecular complexity index is 527. The van der Waals surface area contributed by atoms with Crippen LogP contribution in [0.3, 0.4) is 0 Å². The van der Waals surface area contributed by atoms with E-state index in [1.165, 1.54) is 11.3 Å². The number of hydrogen-bond donors (Lipinski definition) is 3. The molecule has 0 spiro atoms. The molecule has 1 aromatic carbocycles. The highest BCUT2D eigenvalue weighted by atomic mass is 35.5. The first kappa shape index (κ1) is 13.8. The second kappa shape index (κ2) is 5.86. The van der Waals surface area contributed by atoms with Gasteiger partial charge in [0.05, 0.1) is 5.69 Å². The van der Waals surface area contributed by atoms with E-state index in [0.717, 1.165) is 10.1 Å². The van der Waals surface area contributed by atoms with Crippen LogP contribution in [0.4, 0.5) is 5.69 Å². The summed E-state index contributed by atoms with van der Waals surface area (Å²) in [5.74, 6) is -0.902. The monoisotopic (exact) mass is 272 g/mol. The van der Waals surface area contributed by atoms with Gasteiger partial charge in [0.1, 0.15) is 4.88 Å². The Kier molecular flexibility index (Phi) is 4.74. The van der Waals surface area contributed by atoms with Crippen LogP contribution in [0.25, 0.3) is 10.1 Å². The third kappa shape index (κ3) is 2.69. The van der Waals surface area contributed by atoms with Crippen LogP contribution in [0.1, 0.15) is 9.67 Å². The Morgan fingerprint density at radius 1 is 1.41 bits per heavy atom. The van der Waals surface area contributed by atoms with Crippen molar-refractivity contribution in [1.82, 2.24) is 0 Å². The molecular weight excluding hydrogens is 260 g/mol. The summed E-state index contributed by atoms with van der Waals surface area (Å²) in [5.41, 5.74) is 6.09. The molecule has 6 heteroatoms. The molecule has 0 radical (unpaired) electrons. The molecule has 1 heterocycles. The summed E-state index contributed by atoms with van der Waals surface area (Å²) < 4.78 is 0.972. The van der Waals surface area contributed by atoms with Crippen LogP contribution in [0.5, 0.6) is 0 Å². The minimum atomic E-state index is -0.902. The second-order valence-corrected chi connectivity index (χ2v) is 4.38. The number of anilines is 1. The number of halogens is 1. The van der Waals surface area contributed by atoms with Gasteiger partial charge in [-0.1, -0.05) is 18.2 Å². The van der Waals surface area contributed by atoms with E-state index in [1.54, 1.807) is 0 Å². The van der Waals surface area contributed by atoms with E-state index in [0.29, 0.717) is 23.7 Å². The number of fused-ring (bicyclic) bond motifs is 1. The van der Waals surface area contributed by atoms with Gasteiger partial charge in [-0.05, 0) is 6.07 Å². The van der Waals surface area contributed by atoms with Crippen LogP contribution in [0.15, 0.2) is 24.3 Å². The number of nitrogens with one attached hydrogen (secondary N) is 1. The van der Waals surface area contributed by atoms with Crippen LogP contribution in [0, 0.1) is 0 Å². The minimum Gasteiger partial charge on any atom is -0.477 e. The van der Waals surface area contributed by atoms with E-state index in [1.807, 2.05) is 24.3 Å². The number of thiophene rings is 1. The minimum absolute atomic E-state index is 0. The Labute approximate surface area is 109 Å². The summed E-state index contributed by atoms with van der Waals surface area (Å²) >= 11 is 1.28. The van der Waals surface area contributed by atoms with E-state index < -0.39 is 5.97 Å². The fraction of sp³-hybridized carbons (Fsp3) is 0.182. The smallest absolute Gasteiger partial charge is 0.348 e. The zero-order valence-corrected chi connectivity index (χ0v) is 10.6. The summed E-state index contributed by atoms with van der Waals surface area (Å²) in [6.07, 6.45) is 0. The lowest BCUT2D eigenvalue weighted by Gasteiger charge is -2.04. The summed E-state index contributed by atoms with van der Waals surface area (Å²) in [4.78, 5) is 11.4. The van der Waals surface area contributed by atoms with Crippen molar-refractivity contribution in [1.29, 1.82) is 0 Å². The first-order chi connectivity index (χ1) is 7.74. The molecule has 2 aromatic rings. The Morgan fingerprint density at radius 3 is 2.76 bits per heavy atom. The van der Waals surface area contributed by atoms with E-state index in [2.05, 4.69) is 5.32 Å². The van der Waals surface area contributed by atoms with E-state index in [-0.39, 0.29) is 12.4 Å². The fourth-order valence-corrected chi connectivity index (χ4v) is 2.59. The number of carboxylic acids is 1. The van der Waals surface area contributed by atoms with Crippen molar-refractivity contribution in [3.05, 3.63) is 29.1 Å². The number of nitrogens with two attached hydrogens (primary N) is 1. The summed E-state index contributed by atoms with van der Waals surface area (Å²) in [5, 5.41) is 13.1. The molecule has 0 amide bonds. The Morgan fingerprint density at radius 2 is 2.12 bits per heavy atom. The topological polar surface area (TPSA) is 75.3 Å². The first-order valence-electron chi connectivity index (χ1n) is 4.93. The summed E-state index contributed by atoms with van der Waals surface area (Å²) in [6, 6.07) is 7.63. The molecule has 0 aliphatic carbocycles. The zero-order chi connectivity index (χ0) is 11.5. The number of aromatic carboxylic acids is 1. The fourth-order valence-electron chi connectivity index (χ4n) is 1.57. The molecule has 1 aromatic heterocycles. The van der Waals surface area contributed by atoms with Crippen molar-refractivity contribution in [2.75, 3.05) is 18.4 Å². The second-order valence-electron chi connectivity index (χ2n) is 3.32. The maximum absolute atomic E-state index is 11.1. The van der Waals surface area contributed by atoms with Crippen LogP contribution >= 0.6 is 23.7 Å². The quantitative estimate of drug-likeness (QED) is 0.799. The lowest BCUT2D eigenvalue weighted by atomic mass is 10.2. The molecule has 0 aliphatic heterocycles. The molecule has 17 heavy (non-hydrogen) atoms. The van der Waals surface area contributed by atoms with Gasteiger partial charge in [-0.3, -0.25) is 0 Å². The number of benzene rings is 1. The van der Waals surface area contributed by atoms with Crippen molar-refractivity contribution >= 4 is 45.5 Å². The molecule has 0 fully saturated rings. The zero-order valence-electron chi connectivity index (χ0n) is 8.97. The third-order valence-corrected chi connectivity index (χ3v) is 3.39. The van der Waals surface area contributed by atoms with Crippen molar-refractivity contribution in [3.63, 3.8) is 0 Å². The number of rotatable bonds is 4. The van der Waals surface area contributed by atoms with Crippen molar-refractivity contribution in [3.8, 4) is 0 Å². The van der Waals surface area contributed by atoms with Gasteiger partial charge in [0.2, 0.25) is 0 Å². The first-order valence-corrected chi connectivity index (χ1v) is 5.74. The molecule has 4 N–H and O–H groups in total. The SMILES string of the molecule is Cl.NCCNc1c(C(=O)O)sc2ccccc12. The highest BCUT2D eigenvalue weighted by Crippen LogP contribution is 2.35. The molecule has 92 valence electrons. The lowest BCUT2D eigenvalue weighted by molar-refractivity contribution is 0.0703. The Hall–Kier alpha value is -1.30. The maximum Gasteiger partial charge on any atom is 0.348 e. The molecule has 0 saturated heterocycles. The lowest BCUT2D eigenvalue weighted by Crippen LogP contribution is -2.14. The van der Waals surface area contributed by atoms with Gasteiger partial charge in [0, 0.05) is 23.2 Å². The average Bonchev–Trinajstić information content (AvgIpc) is 2.65. The van der Waals surface area contributed by atoms with Gasteiger partial charge >= 0.3 is 5.97 Å². The molecule has 0 bridgehead atoms. The maximum atomic E-state index is 11.1.